The smallest absolute Gasteiger partial charge is 0.223 e. The molecule has 3 heterocycles. The Hall–Kier alpha value is -3.55. The van der Waals surface area contributed by atoms with E-state index in [0.29, 0.717) is 12.8 Å². The summed E-state index contributed by atoms with van der Waals surface area (Å²) < 4.78 is 3.66. The van der Waals surface area contributed by atoms with Crippen molar-refractivity contribution in [2.24, 2.45) is 0 Å². The minimum Gasteiger partial charge on any atom is -0.339 e. The number of carbonyl (C=O) groups excluding carboxylic acids is 1. The maximum Gasteiger partial charge on any atom is 0.223 e. The molecule has 1 atom stereocenters. The van der Waals surface area contributed by atoms with Crippen LogP contribution in [0.4, 0.5) is 0 Å². The first kappa shape index (κ1) is 22.6. The van der Waals surface area contributed by atoms with E-state index in [-0.39, 0.29) is 18.0 Å². The predicted octanol–water partition coefficient (Wildman–Crippen LogP) is 4.36. The van der Waals surface area contributed by atoms with Gasteiger partial charge in [-0.2, -0.15) is 10.2 Å². The SMILES string of the molecule is Cc1nc2c(cnn2C(C)C)c(C)c1CCC(=O)N(C)C(C)c1ccc(-n2cncn2)cc1. The number of hydrogen-bond acceptors (Lipinski definition) is 5. The van der Waals surface area contributed by atoms with Crippen LogP contribution in [-0.4, -0.2) is 47.4 Å². The standard InChI is InChI=1S/C25H31N7O/c1-16(2)32-25-23(13-27-32)17(3)22(18(4)29-25)11-12-24(33)30(6)19(5)20-7-9-21(10-8-20)31-15-26-14-28-31/h7-10,13-16,19H,11-12H2,1-6H3. The lowest BCUT2D eigenvalue weighted by atomic mass is 9.99. The molecule has 0 saturated carbocycles. The Morgan fingerprint density at radius 2 is 1.82 bits per heavy atom. The van der Waals surface area contributed by atoms with Gasteiger partial charge in [0.2, 0.25) is 5.91 Å². The van der Waals surface area contributed by atoms with Gasteiger partial charge in [0.1, 0.15) is 12.7 Å². The Balaban J connectivity index is 1.45. The van der Waals surface area contributed by atoms with Gasteiger partial charge < -0.3 is 4.90 Å². The highest BCUT2D eigenvalue weighted by molar-refractivity contribution is 5.81. The van der Waals surface area contributed by atoms with Crippen molar-refractivity contribution in [2.75, 3.05) is 7.05 Å². The van der Waals surface area contributed by atoms with Crippen LogP contribution in [0.15, 0.2) is 43.1 Å². The monoisotopic (exact) mass is 445 g/mol. The van der Waals surface area contributed by atoms with Crippen molar-refractivity contribution in [3.63, 3.8) is 0 Å². The van der Waals surface area contributed by atoms with Gasteiger partial charge in [0.15, 0.2) is 5.65 Å². The molecule has 1 amide bonds. The van der Waals surface area contributed by atoms with Crippen LogP contribution in [0.25, 0.3) is 16.7 Å². The predicted molar refractivity (Wildman–Crippen MR) is 128 cm³/mol. The van der Waals surface area contributed by atoms with Gasteiger partial charge >= 0.3 is 0 Å². The first-order valence-electron chi connectivity index (χ1n) is 11.3. The number of fused-ring (bicyclic) bond motifs is 1. The summed E-state index contributed by atoms with van der Waals surface area (Å²) in [6.07, 6.45) is 6.16. The molecule has 0 aliphatic heterocycles. The van der Waals surface area contributed by atoms with Crippen molar-refractivity contribution in [3.8, 4) is 5.69 Å². The van der Waals surface area contributed by atoms with E-state index < -0.39 is 0 Å². The third kappa shape index (κ3) is 4.37. The van der Waals surface area contributed by atoms with Gasteiger partial charge in [0.25, 0.3) is 0 Å². The molecule has 8 heteroatoms. The average molecular weight is 446 g/mol. The maximum absolute atomic E-state index is 13.0. The number of pyridine rings is 1. The molecule has 0 aliphatic rings. The number of amides is 1. The lowest BCUT2D eigenvalue weighted by molar-refractivity contribution is -0.131. The highest BCUT2D eigenvalue weighted by atomic mass is 16.2. The van der Waals surface area contributed by atoms with Gasteiger partial charge in [0, 0.05) is 30.6 Å². The van der Waals surface area contributed by atoms with Crippen molar-refractivity contribution in [1.29, 1.82) is 0 Å². The maximum atomic E-state index is 13.0. The number of nitrogens with zero attached hydrogens (tertiary/aromatic N) is 7. The summed E-state index contributed by atoms with van der Waals surface area (Å²) in [6, 6.07) is 8.26. The normalized spacial score (nSPS) is 12.5. The quantitative estimate of drug-likeness (QED) is 0.422. The number of rotatable bonds is 7. The molecule has 172 valence electrons. The second-order valence-corrected chi connectivity index (χ2v) is 8.83. The fourth-order valence-corrected chi connectivity index (χ4v) is 4.23. The van der Waals surface area contributed by atoms with Crippen LogP contribution < -0.4 is 0 Å². The zero-order valence-corrected chi connectivity index (χ0v) is 20.1. The van der Waals surface area contributed by atoms with Crippen molar-refractivity contribution >= 4 is 16.9 Å². The Morgan fingerprint density at radius 3 is 2.45 bits per heavy atom. The topological polar surface area (TPSA) is 81.7 Å². The fourth-order valence-electron chi connectivity index (χ4n) is 4.23. The Labute approximate surface area is 194 Å². The molecule has 0 fully saturated rings. The summed E-state index contributed by atoms with van der Waals surface area (Å²) >= 11 is 0. The summed E-state index contributed by atoms with van der Waals surface area (Å²) in [6.45, 7) is 10.4. The Bertz CT molecular complexity index is 1260. The second-order valence-electron chi connectivity index (χ2n) is 8.83. The molecule has 4 aromatic rings. The van der Waals surface area contributed by atoms with Crippen LogP contribution in [-0.2, 0) is 11.2 Å². The first-order valence-corrected chi connectivity index (χ1v) is 11.3. The molecule has 8 nitrogen and oxygen atoms in total. The summed E-state index contributed by atoms with van der Waals surface area (Å²) in [5.41, 5.74) is 6.19. The number of hydrogen-bond donors (Lipinski definition) is 0. The minimum atomic E-state index is -0.0330. The zero-order chi connectivity index (χ0) is 23.7. The zero-order valence-electron chi connectivity index (χ0n) is 20.1. The summed E-state index contributed by atoms with van der Waals surface area (Å²) in [7, 11) is 1.87. The fraction of sp³-hybridized carbons (Fsp3) is 0.400. The number of carbonyl (C=O) groups is 1. The number of aryl methyl sites for hydroxylation is 2. The lowest BCUT2D eigenvalue weighted by Gasteiger charge is -2.26. The first-order chi connectivity index (χ1) is 15.8. The van der Waals surface area contributed by atoms with Crippen molar-refractivity contribution in [2.45, 2.75) is 59.5 Å². The molecule has 0 radical (unpaired) electrons. The highest BCUT2D eigenvalue weighted by Crippen LogP contribution is 2.26. The van der Waals surface area contributed by atoms with Crippen LogP contribution in [0.5, 0.6) is 0 Å². The van der Waals surface area contributed by atoms with Crippen molar-refractivity contribution in [1.82, 2.24) is 34.4 Å². The number of aromatic nitrogens is 6. The second kappa shape index (κ2) is 9.13. The van der Waals surface area contributed by atoms with E-state index in [1.54, 1.807) is 11.0 Å². The van der Waals surface area contributed by atoms with Gasteiger partial charge in [0.05, 0.1) is 17.9 Å². The third-order valence-corrected chi connectivity index (χ3v) is 6.45. The molecule has 3 aromatic heterocycles. The van der Waals surface area contributed by atoms with E-state index in [1.165, 1.54) is 6.33 Å². The van der Waals surface area contributed by atoms with Crippen LogP contribution >= 0.6 is 0 Å². The molecular formula is C25H31N7O. The largest absolute Gasteiger partial charge is 0.339 e. The van der Waals surface area contributed by atoms with Gasteiger partial charge in [-0.05, 0) is 69.9 Å². The molecule has 33 heavy (non-hydrogen) atoms. The van der Waals surface area contributed by atoms with Crippen LogP contribution in [0.3, 0.4) is 0 Å². The van der Waals surface area contributed by atoms with Gasteiger partial charge in [-0.15, -0.1) is 0 Å². The molecule has 1 unspecified atom stereocenters. The molecule has 0 spiro atoms. The number of benzene rings is 1. The van der Waals surface area contributed by atoms with Crippen LogP contribution in [0.1, 0.15) is 61.7 Å². The highest BCUT2D eigenvalue weighted by Gasteiger charge is 2.20. The van der Waals surface area contributed by atoms with E-state index in [0.717, 1.165) is 39.1 Å². The average Bonchev–Trinajstić information content (AvgIpc) is 3.48. The van der Waals surface area contributed by atoms with E-state index in [2.05, 4.69) is 36.0 Å². The van der Waals surface area contributed by atoms with Gasteiger partial charge in [-0.1, -0.05) is 12.1 Å². The van der Waals surface area contributed by atoms with E-state index >= 15 is 0 Å². The van der Waals surface area contributed by atoms with Crippen LogP contribution in [0.2, 0.25) is 0 Å². The van der Waals surface area contributed by atoms with Crippen LogP contribution in [0, 0.1) is 13.8 Å². The van der Waals surface area contributed by atoms with E-state index in [4.69, 9.17) is 4.98 Å². The van der Waals surface area contributed by atoms with Crippen molar-refractivity contribution < 1.29 is 4.79 Å². The molecule has 0 bridgehead atoms. The molecule has 0 aliphatic carbocycles. The summed E-state index contributed by atoms with van der Waals surface area (Å²) in [4.78, 5) is 23.6. The summed E-state index contributed by atoms with van der Waals surface area (Å²) in [5.74, 6) is 0.111. The van der Waals surface area contributed by atoms with E-state index in [1.807, 2.05) is 60.9 Å². The van der Waals surface area contributed by atoms with Crippen molar-refractivity contribution in [3.05, 3.63) is 65.5 Å². The molecule has 4 rings (SSSR count). The minimum absolute atomic E-state index is 0.0330. The Kier molecular flexibility index (Phi) is 6.26. The van der Waals surface area contributed by atoms with Gasteiger partial charge in [-0.3, -0.25) is 4.79 Å². The molecule has 0 N–H and O–H groups in total. The van der Waals surface area contributed by atoms with Gasteiger partial charge in [-0.25, -0.2) is 19.3 Å². The molecule has 1 aromatic carbocycles. The lowest BCUT2D eigenvalue weighted by Crippen LogP contribution is -2.30. The molecule has 0 saturated heterocycles. The third-order valence-electron chi connectivity index (χ3n) is 6.45. The van der Waals surface area contributed by atoms with E-state index in [9.17, 15) is 4.79 Å². The Morgan fingerprint density at radius 1 is 1.09 bits per heavy atom. The molecular weight excluding hydrogens is 414 g/mol. The summed E-state index contributed by atoms with van der Waals surface area (Å²) in [5, 5.41) is 9.72.